The molecule has 4 rings (SSSR count). The van der Waals surface area contributed by atoms with Gasteiger partial charge in [-0.25, -0.2) is 0 Å². The van der Waals surface area contributed by atoms with Gasteiger partial charge in [0.25, 0.3) is 0 Å². The molecule has 162 valence electrons. The van der Waals surface area contributed by atoms with Gasteiger partial charge in [-0.15, -0.1) is 0 Å². The summed E-state index contributed by atoms with van der Waals surface area (Å²) in [6.45, 7) is 11.3. The highest BCUT2D eigenvalue weighted by atomic mass is 15.2. The van der Waals surface area contributed by atoms with Crippen LogP contribution >= 0.6 is 0 Å². The van der Waals surface area contributed by atoms with Crippen LogP contribution in [-0.2, 0) is 6.42 Å². The number of likely N-dealkylation sites (tertiary alicyclic amines) is 1. The molecule has 0 spiro atoms. The number of benzene rings is 2. The average molecular weight is 415 g/mol. The molecule has 2 heterocycles. The van der Waals surface area contributed by atoms with Crippen LogP contribution in [0.5, 0.6) is 0 Å². The molecule has 0 amide bonds. The van der Waals surface area contributed by atoms with Crippen molar-refractivity contribution in [2.75, 3.05) is 25.0 Å². The Morgan fingerprint density at radius 3 is 2.55 bits per heavy atom. The van der Waals surface area contributed by atoms with Crippen LogP contribution in [0.3, 0.4) is 0 Å². The number of nitrogens with zero attached hydrogens (tertiary/aromatic N) is 3. The van der Waals surface area contributed by atoms with Crippen LogP contribution in [0.15, 0.2) is 36.4 Å². The largest absolute Gasteiger partial charge is 0.341 e. The van der Waals surface area contributed by atoms with E-state index in [9.17, 15) is 5.26 Å². The minimum atomic E-state index is 0.306. The summed E-state index contributed by atoms with van der Waals surface area (Å²) < 4.78 is 0. The Kier molecular flexibility index (Phi) is 6.07. The van der Waals surface area contributed by atoms with E-state index in [1.807, 2.05) is 12.1 Å². The van der Waals surface area contributed by atoms with Gasteiger partial charge in [-0.3, -0.25) is 0 Å². The number of aromatic nitrogens is 1. The van der Waals surface area contributed by atoms with Gasteiger partial charge >= 0.3 is 0 Å². The van der Waals surface area contributed by atoms with Gasteiger partial charge in [-0.1, -0.05) is 19.1 Å². The maximum absolute atomic E-state index is 9.29. The summed E-state index contributed by atoms with van der Waals surface area (Å²) in [6.07, 6.45) is 3.54. The first kappa shape index (κ1) is 21.5. The molecule has 0 unspecified atom stereocenters. The Labute approximate surface area is 186 Å². The SMILES string of the molecule is CCc1ccc(N(c2[nH]c3cc(C#N)ccc3c2C)C(C)C)cc1C1CCN(C)CC1. The first-order chi connectivity index (χ1) is 14.9. The van der Waals surface area contributed by atoms with Gasteiger partial charge in [-0.2, -0.15) is 5.26 Å². The Morgan fingerprint density at radius 2 is 1.90 bits per heavy atom. The maximum Gasteiger partial charge on any atom is 0.114 e. The van der Waals surface area contributed by atoms with Crippen molar-refractivity contribution in [3.05, 3.63) is 58.7 Å². The zero-order chi connectivity index (χ0) is 22.1. The molecule has 1 aliphatic rings. The molecule has 1 fully saturated rings. The van der Waals surface area contributed by atoms with E-state index in [0.29, 0.717) is 17.5 Å². The van der Waals surface area contributed by atoms with Gasteiger partial charge in [0, 0.05) is 22.6 Å². The molecule has 0 aliphatic carbocycles. The Hall–Kier alpha value is -2.77. The molecular weight excluding hydrogens is 380 g/mol. The molecule has 1 aromatic heterocycles. The number of piperidine rings is 1. The smallest absolute Gasteiger partial charge is 0.114 e. The van der Waals surface area contributed by atoms with Gasteiger partial charge in [0.15, 0.2) is 0 Å². The van der Waals surface area contributed by atoms with Crippen LogP contribution < -0.4 is 4.90 Å². The minimum Gasteiger partial charge on any atom is -0.341 e. The number of hydrogen-bond donors (Lipinski definition) is 1. The number of aryl methyl sites for hydroxylation is 2. The Bertz CT molecular complexity index is 1110. The lowest BCUT2D eigenvalue weighted by Gasteiger charge is -2.33. The van der Waals surface area contributed by atoms with Crippen molar-refractivity contribution in [3.8, 4) is 6.07 Å². The van der Waals surface area contributed by atoms with E-state index in [1.54, 1.807) is 0 Å². The summed E-state index contributed by atoms with van der Waals surface area (Å²) in [5, 5.41) is 10.5. The quantitative estimate of drug-likeness (QED) is 0.535. The zero-order valence-electron chi connectivity index (χ0n) is 19.5. The van der Waals surface area contributed by atoms with E-state index in [0.717, 1.165) is 17.8 Å². The molecule has 1 N–H and O–H groups in total. The minimum absolute atomic E-state index is 0.306. The summed E-state index contributed by atoms with van der Waals surface area (Å²) in [5.74, 6) is 1.76. The highest BCUT2D eigenvalue weighted by Gasteiger charge is 2.24. The normalized spacial score (nSPS) is 15.5. The summed E-state index contributed by atoms with van der Waals surface area (Å²) in [7, 11) is 2.23. The fourth-order valence-corrected chi connectivity index (χ4v) is 5.07. The second kappa shape index (κ2) is 8.77. The zero-order valence-corrected chi connectivity index (χ0v) is 19.5. The van der Waals surface area contributed by atoms with Crippen molar-refractivity contribution < 1.29 is 0 Å². The monoisotopic (exact) mass is 414 g/mol. The number of rotatable bonds is 5. The van der Waals surface area contributed by atoms with Crippen molar-refractivity contribution in [2.24, 2.45) is 0 Å². The van der Waals surface area contributed by atoms with Crippen molar-refractivity contribution in [3.63, 3.8) is 0 Å². The number of fused-ring (bicyclic) bond motifs is 1. The first-order valence-electron chi connectivity index (χ1n) is 11.6. The lowest BCUT2D eigenvalue weighted by molar-refractivity contribution is 0.255. The third-order valence-electron chi connectivity index (χ3n) is 6.87. The van der Waals surface area contributed by atoms with Gasteiger partial charge in [0.05, 0.1) is 11.6 Å². The molecular formula is C27H34N4. The second-order valence-corrected chi connectivity index (χ2v) is 9.25. The standard InChI is InChI=1S/C27H34N4/c1-6-21-8-9-23(16-25(21)22-11-13-30(5)14-12-22)31(18(2)3)27-19(4)24-10-7-20(17-28)15-26(24)29-27/h7-10,15-16,18,22,29H,6,11-14H2,1-5H3. The van der Waals surface area contributed by atoms with E-state index in [4.69, 9.17) is 0 Å². The van der Waals surface area contributed by atoms with E-state index < -0.39 is 0 Å². The fourth-order valence-electron chi connectivity index (χ4n) is 5.07. The highest BCUT2D eigenvalue weighted by Crippen LogP contribution is 2.38. The van der Waals surface area contributed by atoms with Gasteiger partial charge < -0.3 is 14.8 Å². The van der Waals surface area contributed by atoms with Crippen LogP contribution in [0.1, 0.15) is 61.8 Å². The average Bonchev–Trinajstić information content (AvgIpc) is 3.09. The molecule has 1 aliphatic heterocycles. The van der Waals surface area contributed by atoms with Crippen molar-refractivity contribution in [1.82, 2.24) is 9.88 Å². The molecule has 3 aromatic rings. The number of nitrogens with one attached hydrogen (secondary N) is 1. The lowest BCUT2D eigenvalue weighted by Crippen LogP contribution is -2.30. The molecule has 31 heavy (non-hydrogen) atoms. The van der Waals surface area contributed by atoms with Gasteiger partial charge in [-0.05, 0) is 107 Å². The summed E-state index contributed by atoms with van der Waals surface area (Å²) in [6, 6.07) is 15.5. The number of hydrogen-bond acceptors (Lipinski definition) is 3. The van der Waals surface area contributed by atoms with E-state index in [1.165, 1.54) is 53.7 Å². The number of aromatic amines is 1. The third-order valence-corrected chi connectivity index (χ3v) is 6.87. The molecule has 4 nitrogen and oxygen atoms in total. The molecule has 0 atom stereocenters. The highest BCUT2D eigenvalue weighted by molar-refractivity contribution is 5.91. The van der Waals surface area contributed by atoms with E-state index in [2.05, 4.69) is 79.9 Å². The van der Waals surface area contributed by atoms with Gasteiger partial charge in [0.2, 0.25) is 0 Å². The fraction of sp³-hybridized carbons (Fsp3) is 0.444. The van der Waals surface area contributed by atoms with Gasteiger partial charge in [0.1, 0.15) is 5.82 Å². The molecule has 0 bridgehead atoms. The summed E-state index contributed by atoms with van der Waals surface area (Å²) in [5.41, 5.74) is 7.20. The summed E-state index contributed by atoms with van der Waals surface area (Å²) in [4.78, 5) is 8.48. The van der Waals surface area contributed by atoms with Crippen LogP contribution in [0, 0.1) is 18.3 Å². The number of H-pyrrole nitrogens is 1. The molecule has 4 heteroatoms. The topological polar surface area (TPSA) is 46.1 Å². The second-order valence-electron chi connectivity index (χ2n) is 9.25. The Morgan fingerprint density at radius 1 is 1.16 bits per heavy atom. The molecule has 2 aromatic carbocycles. The maximum atomic E-state index is 9.29. The van der Waals surface area contributed by atoms with Crippen LogP contribution in [0.4, 0.5) is 11.5 Å². The summed E-state index contributed by atoms with van der Waals surface area (Å²) >= 11 is 0. The van der Waals surface area contributed by atoms with Crippen LogP contribution in [0.25, 0.3) is 10.9 Å². The number of nitriles is 1. The predicted octanol–water partition coefficient (Wildman–Crippen LogP) is 6.27. The molecule has 0 saturated carbocycles. The van der Waals surface area contributed by atoms with Crippen LogP contribution in [-0.4, -0.2) is 36.1 Å². The van der Waals surface area contributed by atoms with Crippen molar-refractivity contribution in [2.45, 2.75) is 58.9 Å². The molecule has 0 radical (unpaired) electrons. The molecule has 1 saturated heterocycles. The number of anilines is 2. The lowest BCUT2D eigenvalue weighted by atomic mass is 9.85. The van der Waals surface area contributed by atoms with Crippen molar-refractivity contribution in [1.29, 1.82) is 5.26 Å². The third kappa shape index (κ3) is 4.07. The van der Waals surface area contributed by atoms with E-state index >= 15 is 0 Å². The predicted molar refractivity (Wildman–Crippen MR) is 130 cm³/mol. The Balaban J connectivity index is 1.79. The van der Waals surface area contributed by atoms with E-state index in [-0.39, 0.29) is 0 Å². The van der Waals surface area contributed by atoms with Crippen molar-refractivity contribution >= 4 is 22.4 Å². The first-order valence-corrected chi connectivity index (χ1v) is 11.6. The van der Waals surface area contributed by atoms with Crippen LogP contribution in [0.2, 0.25) is 0 Å².